The Morgan fingerprint density at radius 1 is 1.16 bits per heavy atom. The maximum Gasteiger partial charge on any atom is 0.163 e. The Hall–Kier alpha value is -1.55. The van der Waals surface area contributed by atoms with E-state index in [2.05, 4.69) is 19.8 Å². The predicted octanol–water partition coefficient (Wildman–Crippen LogP) is 4.97. The highest BCUT2D eigenvalue weighted by Gasteiger charge is 2.31. The fraction of sp³-hybridized carbons (Fsp3) is 0.500. The van der Waals surface area contributed by atoms with E-state index in [0.717, 1.165) is 23.1 Å². The van der Waals surface area contributed by atoms with Crippen molar-refractivity contribution in [2.75, 3.05) is 0 Å². The van der Waals surface area contributed by atoms with Gasteiger partial charge in [0, 0.05) is 17.5 Å². The van der Waals surface area contributed by atoms with Crippen molar-refractivity contribution in [1.29, 1.82) is 0 Å². The Morgan fingerprint density at radius 2 is 1.74 bits per heavy atom. The fourth-order valence-corrected chi connectivity index (χ4v) is 2.15. The van der Waals surface area contributed by atoms with E-state index >= 15 is 0 Å². The summed E-state index contributed by atoms with van der Waals surface area (Å²) in [7, 11) is 0. The second kappa shape index (κ2) is 7.79. The van der Waals surface area contributed by atoms with E-state index in [1.54, 1.807) is 0 Å². The molecule has 0 fully saturated rings. The highest BCUT2D eigenvalue weighted by Crippen LogP contribution is 2.36. The van der Waals surface area contributed by atoms with Crippen molar-refractivity contribution in [2.45, 2.75) is 59.8 Å². The maximum atomic E-state index is 11.8. The highest BCUT2D eigenvalue weighted by atomic mass is 16.1. The van der Waals surface area contributed by atoms with Crippen LogP contribution in [-0.2, 0) is 5.41 Å². The molecule has 0 saturated heterocycles. The first-order chi connectivity index (χ1) is 9.04. The number of Topliss-reactive ketones (excluding diaryl/α,β-unsaturated/α-hetero) is 1. The zero-order valence-electron chi connectivity index (χ0n) is 13.1. The van der Waals surface area contributed by atoms with E-state index in [-0.39, 0.29) is 11.2 Å². The molecule has 0 atom stereocenters. The van der Waals surface area contributed by atoms with Gasteiger partial charge in [0.1, 0.15) is 0 Å². The van der Waals surface area contributed by atoms with Crippen molar-refractivity contribution < 1.29 is 4.79 Å². The summed E-state index contributed by atoms with van der Waals surface area (Å²) in [6.07, 6.45) is 6.89. The summed E-state index contributed by atoms with van der Waals surface area (Å²) in [5.74, 6) is 2.80. The van der Waals surface area contributed by atoms with Crippen molar-refractivity contribution in [1.82, 2.24) is 0 Å². The molecular formula is C18H26O. The Balaban J connectivity index is 0.000000741. The van der Waals surface area contributed by atoms with Crippen LogP contribution in [0.3, 0.4) is 0 Å². The van der Waals surface area contributed by atoms with Gasteiger partial charge in [0.05, 0.1) is 0 Å². The third-order valence-corrected chi connectivity index (χ3v) is 3.19. The van der Waals surface area contributed by atoms with Gasteiger partial charge >= 0.3 is 0 Å². The smallest absolute Gasteiger partial charge is 0.163 e. The Kier molecular flexibility index (Phi) is 7.16. The van der Waals surface area contributed by atoms with Gasteiger partial charge in [-0.05, 0) is 29.5 Å². The summed E-state index contributed by atoms with van der Waals surface area (Å²) < 4.78 is 0. The van der Waals surface area contributed by atoms with Crippen LogP contribution in [0.25, 0.3) is 0 Å². The molecule has 0 unspecified atom stereocenters. The maximum absolute atomic E-state index is 11.8. The van der Waals surface area contributed by atoms with E-state index in [0.29, 0.717) is 6.42 Å². The Labute approximate surface area is 118 Å². The molecule has 1 aliphatic carbocycles. The Morgan fingerprint density at radius 3 is 2.26 bits per heavy atom. The molecule has 0 spiro atoms. The third-order valence-electron chi connectivity index (χ3n) is 3.19. The largest absolute Gasteiger partial charge is 0.294 e. The van der Waals surface area contributed by atoms with Gasteiger partial charge < -0.3 is 0 Å². The predicted molar refractivity (Wildman–Crippen MR) is 83.7 cm³/mol. The minimum Gasteiger partial charge on any atom is -0.294 e. The van der Waals surface area contributed by atoms with Crippen LogP contribution in [0.4, 0.5) is 0 Å². The standard InChI is InChI=1S/C14H14O.2C2H6/c1-4-10-5-6-12-11(9-10)13(15)7-8-14(12,2)3;2*1-2/h1,5-6,9H,7-8H2,2-3H3;2*1-2H3. The molecule has 2 rings (SSSR count). The molecule has 0 heterocycles. The van der Waals surface area contributed by atoms with Crippen molar-refractivity contribution in [2.24, 2.45) is 0 Å². The summed E-state index contributed by atoms with van der Waals surface area (Å²) in [6, 6.07) is 5.76. The van der Waals surface area contributed by atoms with E-state index in [1.165, 1.54) is 0 Å². The number of terminal acetylenes is 1. The molecule has 1 aromatic carbocycles. The molecule has 0 bridgehead atoms. The monoisotopic (exact) mass is 258 g/mol. The molecule has 0 saturated carbocycles. The van der Waals surface area contributed by atoms with E-state index in [1.807, 2.05) is 45.9 Å². The van der Waals surface area contributed by atoms with Gasteiger partial charge in [-0.3, -0.25) is 4.79 Å². The molecule has 1 aliphatic rings. The van der Waals surface area contributed by atoms with Crippen LogP contribution in [0, 0.1) is 12.3 Å². The number of benzene rings is 1. The minimum atomic E-state index is 0.0936. The van der Waals surface area contributed by atoms with Crippen LogP contribution in [0.1, 0.15) is 75.9 Å². The molecule has 0 aliphatic heterocycles. The molecule has 0 N–H and O–H groups in total. The van der Waals surface area contributed by atoms with Gasteiger partial charge in [0.15, 0.2) is 5.78 Å². The van der Waals surface area contributed by atoms with Crippen molar-refractivity contribution in [3.05, 3.63) is 34.9 Å². The van der Waals surface area contributed by atoms with Gasteiger partial charge in [-0.15, -0.1) is 6.42 Å². The van der Waals surface area contributed by atoms with Gasteiger partial charge in [-0.2, -0.15) is 0 Å². The second-order valence-electron chi connectivity index (χ2n) is 4.71. The van der Waals surface area contributed by atoms with Crippen LogP contribution in [0.2, 0.25) is 0 Å². The van der Waals surface area contributed by atoms with Crippen LogP contribution in [0.5, 0.6) is 0 Å². The van der Waals surface area contributed by atoms with E-state index in [9.17, 15) is 4.79 Å². The lowest BCUT2D eigenvalue weighted by Gasteiger charge is -2.31. The number of ketones is 1. The minimum absolute atomic E-state index is 0.0936. The number of carbonyl (C=O) groups excluding carboxylic acids is 1. The first-order valence-electron chi connectivity index (χ1n) is 7.19. The zero-order valence-corrected chi connectivity index (χ0v) is 13.1. The summed E-state index contributed by atoms with van der Waals surface area (Å²) in [5, 5.41) is 0. The van der Waals surface area contributed by atoms with Crippen molar-refractivity contribution in [3.8, 4) is 12.3 Å². The lowest BCUT2D eigenvalue weighted by molar-refractivity contribution is 0.0956. The van der Waals surface area contributed by atoms with Gasteiger partial charge in [-0.1, -0.05) is 53.5 Å². The van der Waals surface area contributed by atoms with Crippen LogP contribution in [-0.4, -0.2) is 5.78 Å². The van der Waals surface area contributed by atoms with E-state index < -0.39 is 0 Å². The molecule has 0 amide bonds. The Bertz CT molecular complexity index is 461. The molecular weight excluding hydrogens is 232 g/mol. The molecule has 1 nitrogen and oxygen atoms in total. The van der Waals surface area contributed by atoms with Gasteiger partial charge in [-0.25, -0.2) is 0 Å². The van der Waals surface area contributed by atoms with Crippen LogP contribution < -0.4 is 0 Å². The number of hydrogen-bond acceptors (Lipinski definition) is 1. The molecule has 104 valence electrons. The average molecular weight is 258 g/mol. The lowest BCUT2D eigenvalue weighted by Crippen LogP contribution is -2.27. The van der Waals surface area contributed by atoms with Gasteiger partial charge in [0.25, 0.3) is 0 Å². The fourth-order valence-electron chi connectivity index (χ4n) is 2.15. The average Bonchev–Trinajstić information content (AvgIpc) is 2.47. The topological polar surface area (TPSA) is 17.1 Å². The first-order valence-corrected chi connectivity index (χ1v) is 7.19. The van der Waals surface area contributed by atoms with Crippen LogP contribution in [0.15, 0.2) is 18.2 Å². The number of rotatable bonds is 0. The number of carbonyl (C=O) groups is 1. The second-order valence-corrected chi connectivity index (χ2v) is 4.71. The number of hydrogen-bond donors (Lipinski definition) is 0. The summed E-state index contributed by atoms with van der Waals surface area (Å²) >= 11 is 0. The molecule has 19 heavy (non-hydrogen) atoms. The normalized spacial score (nSPS) is 14.9. The SMILES string of the molecule is C#Cc1ccc2c(c1)C(=O)CCC2(C)C.CC.CC. The van der Waals surface area contributed by atoms with Crippen molar-refractivity contribution >= 4 is 5.78 Å². The molecule has 1 heteroatoms. The molecule has 0 radical (unpaired) electrons. The third kappa shape index (κ3) is 3.96. The lowest BCUT2D eigenvalue weighted by atomic mass is 9.72. The number of fused-ring (bicyclic) bond motifs is 1. The highest BCUT2D eigenvalue weighted by molar-refractivity contribution is 5.99. The molecule has 1 aromatic rings. The van der Waals surface area contributed by atoms with Gasteiger partial charge in [0.2, 0.25) is 0 Å². The molecule has 0 aromatic heterocycles. The summed E-state index contributed by atoms with van der Waals surface area (Å²) in [5.41, 5.74) is 2.84. The van der Waals surface area contributed by atoms with E-state index in [4.69, 9.17) is 6.42 Å². The summed E-state index contributed by atoms with van der Waals surface area (Å²) in [6.45, 7) is 12.3. The van der Waals surface area contributed by atoms with Crippen molar-refractivity contribution in [3.63, 3.8) is 0 Å². The quantitative estimate of drug-likeness (QED) is 0.600. The zero-order chi connectivity index (χ0) is 15.1. The first kappa shape index (κ1) is 17.4. The summed E-state index contributed by atoms with van der Waals surface area (Å²) in [4.78, 5) is 11.8. The van der Waals surface area contributed by atoms with Crippen LogP contribution >= 0.6 is 0 Å².